The second-order valence-electron chi connectivity index (χ2n) is 5.39. The van der Waals surface area contributed by atoms with E-state index in [1.807, 2.05) is 43.3 Å². The maximum absolute atomic E-state index is 11.2. The molecule has 1 heterocycles. The van der Waals surface area contributed by atoms with Gasteiger partial charge in [-0.3, -0.25) is 10.1 Å². The first-order chi connectivity index (χ1) is 12.1. The van der Waals surface area contributed by atoms with Crippen LogP contribution >= 0.6 is 0 Å². The summed E-state index contributed by atoms with van der Waals surface area (Å²) in [6.45, 7) is 1.83. The van der Waals surface area contributed by atoms with Crippen LogP contribution in [0.15, 0.2) is 54.7 Å². The van der Waals surface area contributed by atoms with Crippen molar-refractivity contribution in [2.45, 2.75) is 13.0 Å². The number of nitro groups is 1. The van der Waals surface area contributed by atoms with Gasteiger partial charge < -0.3 is 5.32 Å². The summed E-state index contributed by atoms with van der Waals surface area (Å²) in [6.07, 6.45) is 1.77. The standard InChI is InChI=1S/C17H14N6O2/c1-12(16-11-22(21-20-16)14-5-3-2-4-6-14)19-15-8-7-13(10-18)9-17(15)23(24)25/h2-9,11-12,19H,1H3. The van der Waals surface area contributed by atoms with Gasteiger partial charge in [0.2, 0.25) is 0 Å². The smallest absolute Gasteiger partial charge is 0.293 e. The van der Waals surface area contributed by atoms with Gasteiger partial charge in [-0.05, 0) is 31.2 Å². The van der Waals surface area contributed by atoms with Crippen LogP contribution in [0.4, 0.5) is 11.4 Å². The number of anilines is 1. The Bertz CT molecular complexity index is 945. The molecule has 0 amide bonds. The Balaban J connectivity index is 1.84. The van der Waals surface area contributed by atoms with Crippen LogP contribution in [0.5, 0.6) is 0 Å². The minimum absolute atomic E-state index is 0.152. The van der Waals surface area contributed by atoms with Crippen LogP contribution in [0.3, 0.4) is 0 Å². The lowest BCUT2D eigenvalue weighted by Crippen LogP contribution is -2.09. The van der Waals surface area contributed by atoms with Gasteiger partial charge in [-0.25, -0.2) is 4.68 Å². The number of hydrogen-bond donors (Lipinski definition) is 1. The number of nitro benzene ring substituents is 1. The summed E-state index contributed by atoms with van der Waals surface area (Å²) in [6, 6.07) is 15.4. The summed E-state index contributed by atoms with van der Waals surface area (Å²) in [5, 5.41) is 31.4. The van der Waals surface area contributed by atoms with Crippen LogP contribution < -0.4 is 5.32 Å². The zero-order valence-electron chi connectivity index (χ0n) is 13.3. The molecule has 0 bridgehead atoms. The number of para-hydroxylation sites is 1. The molecule has 25 heavy (non-hydrogen) atoms. The third-order valence-electron chi connectivity index (χ3n) is 3.67. The summed E-state index contributed by atoms with van der Waals surface area (Å²) in [7, 11) is 0. The topological polar surface area (TPSA) is 110 Å². The van der Waals surface area contributed by atoms with E-state index in [-0.39, 0.29) is 17.3 Å². The lowest BCUT2D eigenvalue weighted by atomic mass is 10.1. The SMILES string of the molecule is CC(Nc1ccc(C#N)cc1[N+](=O)[O-])c1cn(-c2ccccc2)nn1. The lowest BCUT2D eigenvalue weighted by molar-refractivity contribution is -0.384. The van der Waals surface area contributed by atoms with E-state index in [0.717, 1.165) is 5.69 Å². The Morgan fingerprint density at radius 2 is 2.04 bits per heavy atom. The third kappa shape index (κ3) is 3.45. The normalized spacial score (nSPS) is 11.5. The number of rotatable bonds is 5. The molecule has 0 radical (unpaired) electrons. The predicted octanol–water partition coefficient (Wildman–Crippen LogP) is 3.22. The molecule has 0 spiro atoms. The number of benzene rings is 2. The van der Waals surface area contributed by atoms with Crippen molar-refractivity contribution in [2.24, 2.45) is 0 Å². The first-order valence-electron chi connectivity index (χ1n) is 7.51. The second kappa shape index (κ2) is 6.80. The summed E-state index contributed by atoms with van der Waals surface area (Å²) in [5.74, 6) is 0. The van der Waals surface area contributed by atoms with Gasteiger partial charge in [0.05, 0.1) is 34.5 Å². The van der Waals surface area contributed by atoms with Gasteiger partial charge in [0, 0.05) is 6.07 Å². The highest BCUT2D eigenvalue weighted by Crippen LogP contribution is 2.28. The molecule has 0 saturated carbocycles. The molecule has 0 aliphatic rings. The zero-order valence-corrected chi connectivity index (χ0v) is 13.3. The number of hydrogen-bond acceptors (Lipinski definition) is 6. The number of nitriles is 1. The average molecular weight is 334 g/mol. The summed E-state index contributed by atoms with van der Waals surface area (Å²) < 4.78 is 1.64. The molecule has 1 atom stereocenters. The molecule has 0 saturated heterocycles. The molecule has 0 fully saturated rings. The van der Waals surface area contributed by atoms with Crippen molar-refractivity contribution in [3.05, 3.63) is 76.1 Å². The van der Waals surface area contributed by atoms with Crippen molar-refractivity contribution in [1.82, 2.24) is 15.0 Å². The first kappa shape index (κ1) is 16.1. The number of aromatic nitrogens is 3. The van der Waals surface area contributed by atoms with Crippen LogP contribution in [-0.2, 0) is 0 Å². The fraction of sp³-hybridized carbons (Fsp3) is 0.118. The van der Waals surface area contributed by atoms with Crippen molar-refractivity contribution in [3.8, 4) is 11.8 Å². The van der Waals surface area contributed by atoms with Gasteiger partial charge in [0.15, 0.2) is 0 Å². The molecule has 124 valence electrons. The third-order valence-corrected chi connectivity index (χ3v) is 3.67. The molecule has 1 unspecified atom stereocenters. The quantitative estimate of drug-likeness (QED) is 0.566. The monoisotopic (exact) mass is 334 g/mol. The fourth-order valence-corrected chi connectivity index (χ4v) is 2.36. The van der Waals surface area contributed by atoms with E-state index >= 15 is 0 Å². The van der Waals surface area contributed by atoms with Crippen molar-refractivity contribution in [2.75, 3.05) is 5.32 Å². The average Bonchev–Trinajstić information content (AvgIpc) is 3.13. The zero-order chi connectivity index (χ0) is 17.8. The largest absolute Gasteiger partial charge is 0.371 e. The van der Waals surface area contributed by atoms with E-state index in [4.69, 9.17) is 5.26 Å². The molecule has 0 aliphatic heterocycles. The molecule has 1 aromatic heterocycles. The highest BCUT2D eigenvalue weighted by atomic mass is 16.6. The van der Waals surface area contributed by atoms with Crippen LogP contribution in [0.25, 0.3) is 5.69 Å². The fourth-order valence-electron chi connectivity index (χ4n) is 2.36. The predicted molar refractivity (Wildman–Crippen MR) is 91.2 cm³/mol. The molecule has 3 rings (SSSR count). The van der Waals surface area contributed by atoms with Crippen LogP contribution in [0.2, 0.25) is 0 Å². The number of nitrogens with zero attached hydrogens (tertiary/aromatic N) is 5. The van der Waals surface area contributed by atoms with E-state index in [1.54, 1.807) is 10.9 Å². The van der Waals surface area contributed by atoms with Crippen molar-refractivity contribution >= 4 is 11.4 Å². The van der Waals surface area contributed by atoms with E-state index in [1.165, 1.54) is 18.2 Å². The lowest BCUT2D eigenvalue weighted by Gasteiger charge is -2.12. The van der Waals surface area contributed by atoms with Crippen molar-refractivity contribution < 1.29 is 4.92 Å². The second-order valence-corrected chi connectivity index (χ2v) is 5.39. The van der Waals surface area contributed by atoms with Gasteiger partial charge in [-0.2, -0.15) is 5.26 Å². The molecule has 2 aromatic carbocycles. The molecule has 3 aromatic rings. The Hall–Kier alpha value is -3.73. The molecular weight excluding hydrogens is 320 g/mol. The van der Waals surface area contributed by atoms with Crippen molar-refractivity contribution in [3.63, 3.8) is 0 Å². The Morgan fingerprint density at radius 1 is 1.28 bits per heavy atom. The molecular formula is C17H14N6O2. The van der Waals surface area contributed by atoms with Crippen LogP contribution in [0.1, 0.15) is 24.2 Å². The Morgan fingerprint density at radius 3 is 2.72 bits per heavy atom. The van der Waals surface area contributed by atoms with E-state index in [9.17, 15) is 10.1 Å². The van der Waals surface area contributed by atoms with Crippen LogP contribution in [0, 0.1) is 21.4 Å². The van der Waals surface area contributed by atoms with Gasteiger partial charge in [0.25, 0.3) is 5.69 Å². The van der Waals surface area contributed by atoms with E-state index < -0.39 is 4.92 Å². The summed E-state index contributed by atoms with van der Waals surface area (Å²) >= 11 is 0. The van der Waals surface area contributed by atoms with E-state index in [2.05, 4.69) is 15.6 Å². The van der Waals surface area contributed by atoms with Gasteiger partial charge in [-0.15, -0.1) is 5.10 Å². The van der Waals surface area contributed by atoms with Gasteiger partial charge >= 0.3 is 0 Å². The maximum Gasteiger partial charge on any atom is 0.293 e. The van der Waals surface area contributed by atoms with E-state index in [0.29, 0.717) is 11.4 Å². The molecule has 1 N–H and O–H groups in total. The minimum Gasteiger partial charge on any atom is -0.371 e. The molecule has 8 heteroatoms. The van der Waals surface area contributed by atoms with Gasteiger partial charge in [-0.1, -0.05) is 23.4 Å². The highest BCUT2D eigenvalue weighted by Gasteiger charge is 2.18. The Kier molecular flexibility index (Phi) is 4.39. The summed E-state index contributed by atoms with van der Waals surface area (Å²) in [5.41, 5.74) is 1.92. The first-order valence-corrected chi connectivity index (χ1v) is 7.51. The number of nitrogens with one attached hydrogen (secondary N) is 1. The molecule has 0 aliphatic carbocycles. The van der Waals surface area contributed by atoms with Crippen molar-refractivity contribution in [1.29, 1.82) is 5.26 Å². The maximum atomic E-state index is 11.2. The highest BCUT2D eigenvalue weighted by molar-refractivity contribution is 5.64. The van der Waals surface area contributed by atoms with Crippen LogP contribution in [-0.4, -0.2) is 19.9 Å². The summed E-state index contributed by atoms with van der Waals surface area (Å²) in [4.78, 5) is 10.7. The van der Waals surface area contributed by atoms with Gasteiger partial charge in [0.1, 0.15) is 11.4 Å². The molecule has 8 nitrogen and oxygen atoms in total. The minimum atomic E-state index is -0.517. The Labute approximate surface area is 143 Å².